The van der Waals surface area contributed by atoms with Crippen molar-refractivity contribution in [3.63, 3.8) is 0 Å². The summed E-state index contributed by atoms with van der Waals surface area (Å²) in [5.41, 5.74) is 2.71. The molecule has 15 heavy (non-hydrogen) atoms. The number of nitrogens with one attached hydrogen (secondary N) is 3. The third-order valence-electron chi connectivity index (χ3n) is 2.17. The van der Waals surface area contributed by atoms with Gasteiger partial charge in [0.15, 0.2) is 0 Å². The molecule has 0 amide bonds. The molecular formula is C9H10N4O2. The van der Waals surface area contributed by atoms with Crippen LogP contribution in [0.15, 0.2) is 27.8 Å². The number of nitrogens with two attached hydrogens (primary N) is 1. The van der Waals surface area contributed by atoms with Crippen LogP contribution in [0.1, 0.15) is 5.56 Å². The molecule has 0 aliphatic carbocycles. The highest BCUT2D eigenvalue weighted by Gasteiger charge is 2.03. The molecule has 0 unspecified atom stereocenters. The number of fused-ring (bicyclic) bond motifs is 1. The van der Waals surface area contributed by atoms with Crippen molar-refractivity contribution in [1.82, 2.24) is 15.6 Å². The van der Waals surface area contributed by atoms with Gasteiger partial charge in [-0.2, -0.15) is 0 Å². The van der Waals surface area contributed by atoms with E-state index >= 15 is 0 Å². The second-order valence-corrected chi connectivity index (χ2v) is 3.17. The molecule has 0 fully saturated rings. The van der Waals surface area contributed by atoms with Crippen molar-refractivity contribution in [1.29, 1.82) is 0 Å². The lowest BCUT2D eigenvalue weighted by atomic mass is 10.1. The monoisotopic (exact) mass is 206 g/mol. The number of rotatable bonds is 2. The molecule has 0 bridgehead atoms. The molecule has 0 radical (unpaired) electrons. The Morgan fingerprint density at radius 3 is 2.47 bits per heavy atom. The first-order chi connectivity index (χ1) is 7.22. The average molecular weight is 206 g/mol. The first kappa shape index (κ1) is 9.63. The van der Waals surface area contributed by atoms with Gasteiger partial charge in [0.1, 0.15) is 0 Å². The predicted molar refractivity (Wildman–Crippen MR) is 56.2 cm³/mol. The van der Waals surface area contributed by atoms with Gasteiger partial charge in [0.2, 0.25) is 0 Å². The van der Waals surface area contributed by atoms with Gasteiger partial charge in [-0.05, 0) is 17.7 Å². The fraction of sp³-hybridized carbons (Fsp3) is 0.111. The maximum absolute atomic E-state index is 11.4. The minimum absolute atomic E-state index is 0.308. The van der Waals surface area contributed by atoms with E-state index in [0.717, 1.165) is 5.56 Å². The van der Waals surface area contributed by atoms with Crippen molar-refractivity contribution in [2.45, 2.75) is 6.54 Å². The zero-order valence-corrected chi connectivity index (χ0v) is 7.83. The SMILES string of the molecule is NNCc1ccc2c(=O)[nH][nH]c(=O)c2c1. The maximum Gasteiger partial charge on any atom is 0.270 e. The predicted octanol–water partition coefficient (Wildman–Crippen LogP) is -0.820. The van der Waals surface area contributed by atoms with E-state index in [4.69, 9.17) is 5.84 Å². The Balaban J connectivity index is 2.76. The van der Waals surface area contributed by atoms with Crippen LogP contribution in [0.3, 0.4) is 0 Å². The second-order valence-electron chi connectivity index (χ2n) is 3.17. The Morgan fingerprint density at radius 1 is 1.13 bits per heavy atom. The highest BCUT2D eigenvalue weighted by Crippen LogP contribution is 2.07. The molecule has 1 heterocycles. The summed E-state index contributed by atoms with van der Waals surface area (Å²) in [6, 6.07) is 5.00. The molecule has 0 aliphatic heterocycles. The van der Waals surface area contributed by atoms with Gasteiger partial charge in [0, 0.05) is 6.54 Å². The van der Waals surface area contributed by atoms with E-state index in [-0.39, 0.29) is 11.1 Å². The fourth-order valence-electron chi connectivity index (χ4n) is 1.45. The Kier molecular flexibility index (Phi) is 2.36. The molecule has 0 aliphatic rings. The summed E-state index contributed by atoms with van der Waals surface area (Å²) < 4.78 is 0. The highest BCUT2D eigenvalue weighted by molar-refractivity contribution is 5.80. The topological polar surface area (TPSA) is 104 Å². The Bertz CT molecular complexity index is 599. The average Bonchev–Trinajstić information content (AvgIpc) is 2.24. The number of hydrazine groups is 1. The molecule has 2 rings (SSSR count). The van der Waals surface area contributed by atoms with Crippen LogP contribution in [-0.4, -0.2) is 10.2 Å². The second kappa shape index (κ2) is 3.68. The van der Waals surface area contributed by atoms with E-state index in [2.05, 4.69) is 15.6 Å². The summed E-state index contributed by atoms with van der Waals surface area (Å²) in [6.45, 7) is 0.447. The van der Waals surface area contributed by atoms with Gasteiger partial charge in [-0.25, -0.2) is 0 Å². The number of aromatic amines is 2. The third-order valence-corrected chi connectivity index (χ3v) is 2.17. The van der Waals surface area contributed by atoms with E-state index < -0.39 is 0 Å². The largest absolute Gasteiger partial charge is 0.271 e. The molecule has 5 N–H and O–H groups in total. The minimum atomic E-state index is -0.316. The first-order valence-corrected chi connectivity index (χ1v) is 4.39. The van der Waals surface area contributed by atoms with Crippen LogP contribution in [0.2, 0.25) is 0 Å². The molecule has 6 heteroatoms. The van der Waals surface area contributed by atoms with Crippen LogP contribution in [0, 0.1) is 0 Å². The summed E-state index contributed by atoms with van der Waals surface area (Å²) in [7, 11) is 0. The van der Waals surface area contributed by atoms with Gasteiger partial charge in [-0.3, -0.25) is 31.1 Å². The normalized spacial score (nSPS) is 10.7. The molecule has 2 aromatic rings. The van der Waals surface area contributed by atoms with Crippen molar-refractivity contribution >= 4 is 10.8 Å². The molecule has 78 valence electrons. The fourth-order valence-corrected chi connectivity index (χ4v) is 1.45. The third kappa shape index (κ3) is 1.67. The Hall–Kier alpha value is -1.92. The van der Waals surface area contributed by atoms with Crippen molar-refractivity contribution in [3.05, 3.63) is 44.5 Å². The molecular weight excluding hydrogens is 196 g/mol. The Labute approximate surface area is 84.1 Å². The molecule has 6 nitrogen and oxygen atoms in total. The van der Waals surface area contributed by atoms with Crippen LogP contribution < -0.4 is 22.4 Å². The summed E-state index contributed by atoms with van der Waals surface area (Å²) in [6.07, 6.45) is 0. The molecule has 1 aromatic heterocycles. The molecule has 0 saturated heterocycles. The molecule has 0 spiro atoms. The molecule has 1 aromatic carbocycles. The van der Waals surface area contributed by atoms with Gasteiger partial charge in [-0.15, -0.1) is 0 Å². The zero-order chi connectivity index (χ0) is 10.8. The van der Waals surface area contributed by atoms with Crippen molar-refractivity contribution in [2.75, 3.05) is 0 Å². The van der Waals surface area contributed by atoms with Gasteiger partial charge in [0.05, 0.1) is 10.8 Å². The van der Waals surface area contributed by atoms with Crippen molar-refractivity contribution in [2.24, 2.45) is 5.84 Å². The molecule has 0 atom stereocenters. The number of aromatic nitrogens is 2. The van der Waals surface area contributed by atoms with Crippen LogP contribution in [0.25, 0.3) is 10.8 Å². The van der Waals surface area contributed by atoms with Crippen LogP contribution >= 0.6 is 0 Å². The maximum atomic E-state index is 11.4. The number of H-pyrrole nitrogens is 2. The summed E-state index contributed by atoms with van der Waals surface area (Å²) in [5, 5.41) is 5.27. The lowest BCUT2D eigenvalue weighted by Crippen LogP contribution is -2.22. The highest BCUT2D eigenvalue weighted by atomic mass is 16.1. The van der Waals surface area contributed by atoms with Crippen LogP contribution in [0.5, 0.6) is 0 Å². The standard InChI is InChI=1S/C9H10N4O2/c10-11-4-5-1-2-6-7(3-5)9(15)13-12-8(6)14/h1-3,11H,4,10H2,(H,12,14)(H,13,15). The first-order valence-electron chi connectivity index (χ1n) is 4.39. The summed E-state index contributed by atoms with van der Waals surface area (Å²) in [4.78, 5) is 22.7. The van der Waals surface area contributed by atoms with Gasteiger partial charge in [0.25, 0.3) is 11.1 Å². The Morgan fingerprint density at radius 2 is 1.80 bits per heavy atom. The van der Waals surface area contributed by atoms with Gasteiger partial charge < -0.3 is 0 Å². The lowest BCUT2D eigenvalue weighted by Gasteiger charge is -2.01. The summed E-state index contributed by atoms with van der Waals surface area (Å²) in [5.74, 6) is 5.17. The van der Waals surface area contributed by atoms with Crippen LogP contribution in [0.4, 0.5) is 0 Å². The van der Waals surface area contributed by atoms with E-state index in [1.165, 1.54) is 0 Å². The van der Waals surface area contributed by atoms with Crippen LogP contribution in [-0.2, 0) is 6.54 Å². The van der Waals surface area contributed by atoms with E-state index in [1.807, 2.05) is 0 Å². The van der Waals surface area contributed by atoms with Gasteiger partial charge in [-0.1, -0.05) is 6.07 Å². The van der Waals surface area contributed by atoms with Crippen molar-refractivity contribution in [3.8, 4) is 0 Å². The molecule has 0 saturated carbocycles. The van der Waals surface area contributed by atoms with E-state index in [9.17, 15) is 9.59 Å². The van der Waals surface area contributed by atoms with Crippen molar-refractivity contribution < 1.29 is 0 Å². The zero-order valence-electron chi connectivity index (χ0n) is 7.83. The van der Waals surface area contributed by atoms with Gasteiger partial charge >= 0.3 is 0 Å². The minimum Gasteiger partial charge on any atom is -0.271 e. The van der Waals surface area contributed by atoms with E-state index in [1.54, 1.807) is 18.2 Å². The summed E-state index contributed by atoms with van der Waals surface area (Å²) >= 11 is 0. The number of hydrogen-bond donors (Lipinski definition) is 4. The van der Waals surface area contributed by atoms with E-state index in [0.29, 0.717) is 17.3 Å². The lowest BCUT2D eigenvalue weighted by molar-refractivity contribution is 0.742. The smallest absolute Gasteiger partial charge is 0.270 e. The number of benzene rings is 1. The number of hydrogen-bond acceptors (Lipinski definition) is 4. The quantitative estimate of drug-likeness (QED) is 0.380.